The number of benzene rings is 1. The molecule has 2 nitrogen and oxygen atoms in total. The van der Waals surface area contributed by atoms with Gasteiger partial charge in [0, 0.05) is 4.90 Å². The summed E-state index contributed by atoms with van der Waals surface area (Å²) in [6, 6.07) is 12.0. The molecule has 1 aromatic heterocycles. The minimum absolute atomic E-state index is 0.00792. The minimum Gasteiger partial charge on any atom is -0.345 e. The second-order valence-corrected chi connectivity index (χ2v) is 5.77. The molecule has 0 aliphatic rings. The molecule has 0 unspecified atom stereocenters. The summed E-state index contributed by atoms with van der Waals surface area (Å²) in [5.41, 5.74) is 1.12. The maximum atomic E-state index is 11.9. The van der Waals surface area contributed by atoms with Crippen LogP contribution in [0.2, 0.25) is 0 Å². The molecule has 1 atom stereocenters. The standard InChI is InChI=1S/C14H15NOS2/c1-10(11-5-7-12(17-2)8-6-11)15-14(16)13-4-3-9-18-13/h3-10H,1-2H3,(H,15,16)/t10-/m0/s1. The molecule has 1 heterocycles. The molecular weight excluding hydrogens is 262 g/mol. The van der Waals surface area contributed by atoms with Gasteiger partial charge >= 0.3 is 0 Å². The average Bonchev–Trinajstić information content (AvgIpc) is 2.92. The number of thioether (sulfide) groups is 1. The lowest BCUT2D eigenvalue weighted by molar-refractivity contribution is 0.0944. The van der Waals surface area contributed by atoms with E-state index in [1.165, 1.54) is 16.2 Å². The Kier molecular flexibility index (Phi) is 4.44. The van der Waals surface area contributed by atoms with Crippen molar-refractivity contribution >= 4 is 29.0 Å². The van der Waals surface area contributed by atoms with Crippen molar-refractivity contribution in [1.82, 2.24) is 5.32 Å². The summed E-state index contributed by atoms with van der Waals surface area (Å²) < 4.78 is 0. The van der Waals surface area contributed by atoms with Gasteiger partial charge < -0.3 is 5.32 Å². The van der Waals surface area contributed by atoms with Gasteiger partial charge in [0.1, 0.15) is 0 Å². The molecular formula is C14H15NOS2. The highest BCUT2D eigenvalue weighted by Crippen LogP contribution is 2.19. The fourth-order valence-corrected chi connectivity index (χ4v) is 2.69. The van der Waals surface area contributed by atoms with Crippen LogP contribution in [0, 0.1) is 0 Å². The molecule has 0 radical (unpaired) electrons. The Hall–Kier alpha value is -1.26. The van der Waals surface area contributed by atoms with Crippen LogP contribution in [0.3, 0.4) is 0 Å². The normalized spacial score (nSPS) is 12.1. The third-order valence-electron chi connectivity index (χ3n) is 2.71. The zero-order valence-electron chi connectivity index (χ0n) is 10.3. The number of thiophene rings is 1. The fraction of sp³-hybridized carbons (Fsp3) is 0.214. The molecule has 94 valence electrons. The number of carbonyl (C=O) groups is 1. The van der Waals surface area contributed by atoms with Crippen LogP contribution in [-0.2, 0) is 0 Å². The van der Waals surface area contributed by atoms with Gasteiger partial charge in [-0.2, -0.15) is 0 Å². The lowest BCUT2D eigenvalue weighted by atomic mass is 10.1. The van der Waals surface area contributed by atoms with E-state index < -0.39 is 0 Å². The van der Waals surface area contributed by atoms with Crippen molar-refractivity contribution in [2.75, 3.05) is 6.26 Å². The fourth-order valence-electron chi connectivity index (χ4n) is 1.65. The largest absolute Gasteiger partial charge is 0.345 e. The monoisotopic (exact) mass is 277 g/mol. The van der Waals surface area contributed by atoms with E-state index >= 15 is 0 Å². The van der Waals surface area contributed by atoms with Crippen LogP contribution in [0.5, 0.6) is 0 Å². The predicted octanol–water partition coefficient (Wildman–Crippen LogP) is 3.96. The van der Waals surface area contributed by atoms with Crippen molar-refractivity contribution in [1.29, 1.82) is 0 Å². The van der Waals surface area contributed by atoms with Crippen molar-refractivity contribution in [3.63, 3.8) is 0 Å². The van der Waals surface area contributed by atoms with Crippen LogP contribution in [0.4, 0.5) is 0 Å². The van der Waals surface area contributed by atoms with E-state index in [0.29, 0.717) is 0 Å². The van der Waals surface area contributed by atoms with E-state index in [-0.39, 0.29) is 11.9 Å². The van der Waals surface area contributed by atoms with Crippen LogP contribution >= 0.6 is 23.1 Å². The number of carbonyl (C=O) groups excluding carboxylic acids is 1. The molecule has 0 fully saturated rings. The number of hydrogen-bond donors (Lipinski definition) is 1. The van der Waals surface area contributed by atoms with Crippen LogP contribution in [0.15, 0.2) is 46.7 Å². The van der Waals surface area contributed by atoms with Gasteiger partial charge in [0.15, 0.2) is 0 Å². The lowest BCUT2D eigenvalue weighted by Gasteiger charge is -2.14. The summed E-state index contributed by atoms with van der Waals surface area (Å²) in [7, 11) is 0. The first-order valence-electron chi connectivity index (χ1n) is 5.69. The van der Waals surface area contributed by atoms with Gasteiger partial charge in [-0.1, -0.05) is 18.2 Å². The van der Waals surface area contributed by atoms with Gasteiger partial charge in [-0.05, 0) is 42.3 Å². The van der Waals surface area contributed by atoms with Crippen LogP contribution in [0.25, 0.3) is 0 Å². The van der Waals surface area contributed by atoms with Crippen LogP contribution in [-0.4, -0.2) is 12.2 Å². The molecule has 2 aromatic rings. The average molecular weight is 277 g/mol. The van der Waals surface area contributed by atoms with E-state index in [1.807, 2.05) is 24.4 Å². The molecule has 1 N–H and O–H groups in total. The molecule has 0 spiro atoms. The Morgan fingerprint density at radius 1 is 1.28 bits per heavy atom. The highest BCUT2D eigenvalue weighted by Gasteiger charge is 2.11. The SMILES string of the molecule is CSc1ccc([C@H](C)NC(=O)c2cccs2)cc1. The molecule has 0 saturated heterocycles. The molecule has 1 amide bonds. The predicted molar refractivity (Wildman–Crippen MR) is 78.4 cm³/mol. The van der Waals surface area contributed by atoms with Gasteiger partial charge in [-0.3, -0.25) is 4.79 Å². The van der Waals surface area contributed by atoms with Crippen LogP contribution < -0.4 is 5.32 Å². The van der Waals surface area contributed by atoms with Crippen LogP contribution in [0.1, 0.15) is 28.2 Å². The molecule has 0 aliphatic carbocycles. The summed E-state index contributed by atoms with van der Waals surface area (Å²) in [6.07, 6.45) is 2.05. The Morgan fingerprint density at radius 2 is 2.00 bits per heavy atom. The van der Waals surface area contributed by atoms with E-state index in [0.717, 1.165) is 10.4 Å². The van der Waals surface area contributed by atoms with Crippen molar-refractivity contribution in [2.24, 2.45) is 0 Å². The molecule has 0 saturated carbocycles. The first-order valence-corrected chi connectivity index (χ1v) is 7.79. The smallest absolute Gasteiger partial charge is 0.261 e. The number of rotatable bonds is 4. The first kappa shape index (κ1) is 13.2. The maximum absolute atomic E-state index is 11.9. The van der Waals surface area contributed by atoms with E-state index in [2.05, 4.69) is 35.8 Å². The highest BCUT2D eigenvalue weighted by molar-refractivity contribution is 7.98. The molecule has 2 rings (SSSR count). The summed E-state index contributed by atoms with van der Waals surface area (Å²) in [4.78, 5) is 13.9. The zero-order chi connectivity index (χ0) is 13.0. The first-order chi connectivity index (χ1) is 8.70. The van der Waals surface area contributed by atoms with Crippen molar-refractivity contribution < 1.29 is 4.79 Å². The van der Waals surface area contributed by atoms with E-state index in [9.17, 15) is 4.79 Å². The lowest BCUT2D eigenvalue weighted by Crippen LogP contribution is -2.25. The summed E-state index contributed by atoms with van der Waals surface area (Å²) in [5, 5.41) is 4.91. The summed E-state index contributed by atoms with van der Waals surface area (Å²) in [5.74, 6) is -0.00792. The Labute approximate surface area is 115 Å². The van der Waals surface area contributed by atoms with Crippen molar-refractivity contribution in [3.05, 3.63) is 52.2 Å². The molecule has 4 heteroatoms. The summed E-state index contributed by atoms with van der Waals surface area (Å²) >= 11 is 3.17. The van der Waals surface area contributed by atoms with Gasteiger partial charge in [0.2, 0.25) is 0 Å². The van der Waals surface area contributed by atoms with Crippen molar-refractivity contribution in [3.8, 4) is 0 Å². The topological polar surface area (TPSA) is 29.1 Å². The molecule has 0 aliphatic heterocycles. The number of nitrogens with one attached hydrogen (secondary N) is 1. The minimum atomic E-state index is -0.00792. The number of hydrogen-bond acceptors (Lipinski definition) is 3. The number of amides is 1. The van der Waals surface area contributed by atoms with Gasteiger partial charge in [0.25, 0.3) is 5.91 Å². The van der Waals surface area contributed by atoms with Gasteiger partial charge in [-0.15, -0.1) is 23.1 Å². The summed E-state index contributed by atoms with van der Waals surface area (Å²) in [6.45, 7) is 2.00. The maximum Gasteiger partial charge on any atom is 0.261 e. The molecule has 18 heavy (non-hydrogen) atoms. The Balaban J connectivity index is 2.02. The Morgan fingerprint density at radius 3 is 2.56 bits per heavy atom. The second kappa shape index (κ2) is 6.07. The highest BCUT2D eigenvalue weighted by atomic mass is 32.2. The van der Waals surface area contributed by atoms with Crippen molar-refractivity contribution in [2.45, 2.75) is 17.9 Å². The molecule has 0 bridgehead atoms. The third-order valence-corrected chi connectivity index (χ3v) is 4.32. The zero-order valence-corrected chi connectivity index (χ0v) is 12.0. The quantitative estimate of drug-likeness (QED) is 0.857. The van der Waals surface area contributed by atoms with E-state index in [1.54, 1.807) is 11.8 Å². The third kappa shape index (κ3) is 3.15. The second-order valence-electron chi connectivity index (χ2n) is 3.95. The van der Waals surface area contributed by atoms with Gasteiger partial charge in [-0.25, -0.2) is 0 Å². The molecule has 1 aromatic carbocycles. The van der Waals surface area contributed by atoms with Gasteiger partial charge in [0.05, 0.1) is 10.9 Å². The van der Waals surface area contributed by atoms with E-state index in [4.69, 9.17) is 0 Å². The Bertz CT molecular complexity index is 505.